The summed E-state index contributed by atoms with van der Waals surface area (Å²) >= 11 is 0. The summed E-state index contributed by atoms with van der Waals surface area (Å²) < 4.78 is 27.1. The molecule has 19 heavy (non-hydrogen) atoms. The molecule has 3 unspecified atom stereocenters. The van der Waals surface area contributed by atoms with Gasteiger partial charge in [-0.05, 0) is 37.0 Å². The van der Waals surface area contributed by atoms with Crippen molar-refractivity contribution in [2.75, 3.05) is 6.54 Å². The Balaban J connectivity index is 2.34. The van der Waals surface area contributed by atoms with Crippen molar-refractivity contribution in [3.8, 4) is 0 Å². The maximum Gasteiger partial charge on any atom is 0.129 e. The van der Waals surface area contributed by atoms with E-state index in [9.17, 15) is 13.9 Å². The lowest BCUT2D eigenvalue weighted by Crippen LogP contribution is -2.41. The zero-order valence-electron chi connectivity index (χ0n) is 11.2. The molecule has 3 N–H and O–H groups in total. The van der Waals surface area contributed by atoms with Gasteiger partial charge in [-0.2, -0.15) is 0 Å². The van der Waals surface area contributed by atoms with Crippen molar-refractivity contribution in [3.63, 3.8) is 0 Å². The number of rotatable bonds is 3. The molecule has 0 radical (unpaired) electrons. The molecule has 2 rings (SSSR count). The maximum absolute atomic E-state index is 13.8. The summed E-state index contributed by atoms with van der Waals surface area (Å²) in [6.07, 6.45) is 2.52. The third-order valence-electron chi connectivity index (χ3n) is 4.37. The van der Waals surface area contributed by atoms with Gasteiger partial charge in [-0.3, -0.25) is 0 Å². The Kier molecular flexibility index (Phi) is 4.21. The van der Waals surface area contributed by atoms with Crippen LogP contribution in [0.15, 0.2) is 18.2 Å². The highest BCUT2D eigenvalue weighted by Gasteiger charge is 2.41. The van der Waals surface area contributed by atoms with E-state index in [4.69, 9.17) is 5.73 Å². The van der Waals surface area contributed by atoms with Gasteiger partial charge in [0.25, 0.3) is 0 Å². The molecule has 3 atom stereocenters. The van der Waals surface area contributed by atoms with Crippen LogP contribution in [0, 0.1) is 23.0 Å². The molecule has 0 bridgehead atoms. The highest BCUT2D eigenvalue weighted by Crippen LogP contribution is 2.47. The molecule has 0 saturated heterocycles. The standard InChI is InChI=1S/C15H21F2NO/c1-10-3-2-6-15(8-10,9-18)14(19)12-7-11(16)4-5-13(12)17/h4-5,7,10,14,19H,2-3,6,8-9,18H2,1H3. The zero-order valence-corrected chi connectivity index (χ0v) is 11.2. The fraction of sp³-hybridized carbons (Fsp3) is 0.600. The van der Waals surface area contributed by atoms with Crippen LogP contribution in [0.25, 0.3) is 0 Å². The van der Waals surface area contributed by atoms with E-state index in [0.29, 0.717) is 5.92 Å². The van der Waals surface area contributed by atoms with Crippen LogP contribution in [0.2, 0.25) is 0 Å². The molecule has 1 aliphatic carbocycles. The molecular formula is C15H21F2NO. The van der Waals surface area contributed by atoms with Crippen LogP contribution in [-0.4, -0.2) is 11.7 Å². The Morgan fingerprint density at radius 2 is 2.21 bits per heavy atom. The normalized spacial score (nSPS) is 29.2. The lowest BCUT2D eigenvalue weighted by atomic mass is 9.65. The Morgan fingerprint density at radius 1 is 1.47 bits per heavy atom. The Hall–Kier alpha value is -1.00. The van der Waals surface area contributed by atoms with Crippen LogP contribution in [0.5, 0.6) is 0 Å². The van der Waals surface area contributed by atoms with E-state index < -0.39 is 23.2 Å². The predicted octanol–water partition coefficient (Wildman–Crippen LogP) is 3.15. The molecule has 0 aromatic heterocycles. The second-order valence-corrected chi connectivity index (χ2v) is 5.84. The average molecular weight is 269 g/mol. The van der Waals surface area contributed by atoms with Crippen molar-refractivity contribution < 1.29 is 13.9 Å². The van der Waals surface area contributed by atoms with Gasteiger partial charge in [-0.1, -0.05) is 19.8 Å². The maximum atomic E-state index is 13.8. The minimum absolute atomic E-state index is 0.0274. The summed E-state index contributed by atoms with van der Waals surface area (Å²) in [5.74, 6) is -0.657. The molecule has 0 amide bonds. The lowest BCUT2D eigenvalue weighted by Gasteiger charge is -2.43. The van der Waals surface area contributed by atoms with Gasteiger partial charge in [-0.15, -0.1) is 0 Å². The van der Waals surface area contributed by atoms with Crippen LogP contribution >= 0.6 is 0 Å². The second-order valence-electron chi connectivity index (χ2n) is 5.84. The zero-order chi connectivity index (χ0) is 14.0. The number of halogens is 2. The first-order chi connectivity index (χ1) is 8.98. The molecule has 0 aliphatic heterocycles. The largest absolute Gasteiger partial charge is 0.388 e. The van der Waals surface area contributed by atoms with Crippen molar-refractivity contribution in [2.24, 2.45) is 17.1 Å². The summed E-state index contributed by atoms with van der Waals surface area (Å²) in [6.45, 7) is 2.40. The minimum atomic E-state index is -1.05. The van der Waals surface area contributed by atoms with Gasteiger partial charge in [0.1, 0.15) is 11.6 Å². The van der Waals surface area contributed by atoms with Crippen LogP contribution in [0.1, 0.15) is 44.3 Å². The van der Waals surface area contributed by atoms with Gasteiger partial charge in [0, 0.05) is 17.5 Å². The summed E-state index contributed by atoms with van der Waals surface area (Å²) in [7, 11) is 0. The Labute approximate surface area is 112 Å². The molecule has 1 saturated carbocycles. The number of aliphatic hydroxyl groups is 1. The van der Waals surface area contributed by atoms with Crippen LogP contribution < -0.4 is 5.73 Å². The van der Waals surface area contributed by atoms with Crippen molar-refractivity contribution in [1.29, 1.82) is 0 Å². The molecule has 0 spiro atoms. The monoisotopic (exact) mass is 269 g/mol. The van der Waals surface area contributed by atoms with Crippen LogP contribution in [-0.2, 0) is 0 Å². The fourth-order valence-electron chi connectivity index (χ4n) is 3.30. The van der Waals surface area contributed by atoms with Gasteiger partial charge in [0.05, 0.1) is 6.10 Å². The topological polar surface area (TPSA) is 46.2 Å². The van der Waals surface area contributed by atoms with Gasteiger partial charge >= 0.3 is 0 Å². The predicted molar refractivity (Wildman–Crippen MR) is 70.4 cm³/mol. The highest BCUT2D eigenvalue weighted by molar-refractivity contribution is 5.23. The van der Waals surface area contributed by atoms with E-state index in [1.807, 2.05) is 0 Å². The summed E-state index contributed by atoms with van der Waals surface area (Å²) in [5.41, 5.74) is 5.34. The molecule has 1 aromatic rings. The summed E-state index contributed by atoms with van der Waals surface area (Å²) in [6, 6.07) is 3.20. The number of nitrogens with two attached hydrogens (primary N) is 1. The summed E-state index contributed by atoms with van der Waals surface area (Å²) in [5, 5.41) is 10.5. The first-order valence-electron chi connectivity index (χ1n) is 6.81. The second kappa shape index (κ2) is 5.55. The Bertz CT molecular complexity index is 452. The smallest absolute Gasteiger partial charge is 0.129 e. The molecule has 1 fully saturated rings. The fourth-order valence-corrected chi connectivity index (χ4v) is 3.30. The quantitative estimate of drug-likeness (QED) is 0.885. The van der Waals surface area contributed by atoms with E-state index in [-0.39, 0.29) is 12.1 Å². The molecule has 4 heteroatoms. The third-order valence-corrected chi connectivity index (χ3v) is 4.37. The van der Waals surface area contributed by atoms with Crippen molar-refractivity contribution in [3.05, 3.63) is 35.4 Å². The van der Waals surface area contributed by atoms with Gasteiger partial charge in [-0.25, -0.2) is 8.78 Å². The van der Waals surface area contributed by atoms with Crippen LogP contribution in [0.3, 0.4) is 0 Å². The van der Waals surface area contributed by atoms with E-state index in [1.165, 1.54) is 0 Å². The average Bonchev–Trinajstić information content (AvgIpc) is 2.40. The molecule has 1 aromatic carbocycles. The van der Waals surface area contributed by atoms with E-state index in [1.54, 1.807) is 0 Å². The number of aliphatic hydroxyl groups excluding tert-OH is 1. The summed E-state index contributed by atoms with van der Waals surface area (Å²) in [4.78, 5) is 0. The molecule has 2 nitrogen and oxygen atoms in total. The van der Waals surface area contributed by atoms with Gasteiger partial charge in [0.15, 0.2) is 0 Å². The molecule has 106 valence electrons. The van der Waals surface area contributed by atoms with E-state index in [0.717, 1.165) is 43.9 Å². The van der Waals surface area contributed by atoms with Crippen molar-refractivity contribution in [2.45, 2.75) is 38.7 Å². The highest BCUT2D eigenvalue weighted by atomic mass is 19.1. The molecule has 0 heterocycles. The van der Waals surface area contributed by atoms with Crippen molar-refractivity contribution in [1.82, 2.24) is 0 Å². The number of benzene rings is 1. The van der Waals surface area contributed by atoms with Gasteiger partial charge < -0.3 is 10.8 Å². The molecular weight excluding hydrogens is 248 g/mol. The minimum Gasteiger partial charge on any atom is -0.388 e. The van der Waals surface area contributed by atoms with E-state index >= 15 is 0 Å². The first-order valence-corrected chi connectivity index (χ1v) is 6.81. The van der Waals surface area contributed by atoms with Crippen molar-refractivity contribution >= 4 is 0 Å². The number of hydrogen-bond donors (Lipinski definition) is 2. The van der Waals surface area contributed by atoms with E-state index in [2.05, 4.69) is 6.92 Å². The molecule has 1 aliphatic rings. The van der Waals surface area contributed by atoms with Crippen LogP contribution in [0.4, 0.5) is 8.78 Å². The van der Waals surface area contributed by atoms with Gasteiger partial charge in [0.2, 0.25) is 0 Å². The lowest BCUT2D eigenvalue weighted by molar-refractivity contribution is -0.0152. The first kappa shape index (κ1) is 14.4. The SMILES string of the molecule is CC1CCCC(CN)(C(O)c2cc(F)ccc2F)C1. The number of hydrogen-bond acceptors (Lipinski definition) is 2. The third kappa shape index (κ3) is 2.79. The Morgan fingerprint density at radius 3 is 2.84 bits per heavy atom.